The van der Waals surface area contributed by atoms with Gasteiger partial charge in [0, 0.05) is 36.9 Å². The number of hydrogen-bond donors (Lipinski definition) is 1. The van der Waals surface area contributed by atoms with E-state index < -0.39 is 28.7 Å². The first-order valence-electron chi connectivity index (χ1n) is 12.2. The highest BCUT2D eigenvalue weighted by atomic mass is 16.6. The molecule has 0 spiro atoms. The molecule has 1 aliphatic carbocycles. The maximum atomic E-state index is 13.5. The standard InChI is InChI=1S/C27H28N4O6/c1-18(32)28-21-9-13-22(14-10-21)30-25(33)17-24(27(30)35)29(16-15-19-5-3-2-4-6-19)26(34)20-7-11-23(12-8-20)31(36)37/h5,7-14,24H,2-4,6,15-17H2,1H3,(H,28,32). The van der Waals surface area contributed by atoms with Crippen LogP contribution in [0.25, 0.3) is 0 Å². The van der Waals surface area contributed by atoms with Gasteiger partial charge in [-0.15, -0.1) is 0 Å². The third kappa shape index (κ3) is 5.91. The molecule has 1 unspecified atom stereocenters. The summed E-state index contributed by atoms with van der Waals surface area (Å²) in [6.45, 7) is 1.63. The molecule has 10 nitrogen and oxygen atoms in total. The first-order valence-corrected chi connectivity index (χ1v) is 12.2. The predicted molar refractivity (Wildman–Crippen MR) is 137 cm³/mol. The number of benzene rings is 2. The number of carbonyl (C=O) groups is 4. The van der Waals surface area contributed by atoms with E-state index in [-0.39, 0.29) is 30.1 Å². The van der Waals surface area contributed by atoms with Crippen molar-refractivity contribution < 1.29 is 24.1 Å². The van der Waals surface area contributed by atoms with E-state index in [9.17, 15) is 29.3 Å². The van der Waals surface area contributed by atoms with Gasteiger partial charge in [-0.3, -0.25) is 29.3 Å². The van der Waals surface area contributed by atoms with Crippen LogP contribution >= 0.6 is 0 Å². The fraction of sp³-hybridized carbons (Fsp3) is 0.333. The average Bonchev–Trinajstić information content (AvgIpc) is 3.18. The number of amides is 4. The van der Waals surface area contributed by atoms with Gasteiger partial charge in [0.2, 0.25) is 11.8 Å². The second-order valence-corrected chi connectivity index (χ2v) is 9.18. The lowest BCUT2D eigenvalue weighted by Crippen LogP contribution is -2.46. The van der Waals surface area contributed by atoms with Gasteiger partial charge in [-0.1, -0.05) is 11.6 Å². The molecule has 4 amide bonds. The van der Waals surface area contributed by atoms with Crippen LogP contribution in [0, 0.1) is 10.1 Å². The molecule has 0 aromatic heterocycles. The van der Waals surface area contributed by atoms with Crippen LogP contribution in [0.3, 0.4) is 0 Å². The molecule has 4 rings (SSSR count). The van der Waals surface area contributed by atoms with Gasteiger partial charge < -0.3 is 10.2 Å². The molecule has 37 heavy (non-hydrogen) atoms. The van der Waals surface area contributed by atoms with Crippen LogP contribution < -0.4 is 10.2 Å². The van der Waals surface area contributed by atoms with E-state index in [1.165, 1.54) is 41.7 Å². The quantitative estimate of drug-likeness (QED) is 0.248. The molecule has 2 aliphatic rings. The number of nitrogens with one attached hydrogen (secondary N) is 1. The number of nitrogens with zero attached hydrogens (tertiary/aromatic N) is 3. The van der Waals surface area contributed by atoms with Gasteiger partial charge in [0.1, 0.15) is 6.04 Å². The molecule has 192 valence electrons. The van der Waals surface area contributed by atoms with E-state index in [2.05, 4.69) is 11.4 Å². The van der Waals surface area contributed by atoms with Crippen molar-refractivity contribution in [3.05, 3.63) is 75.9 Å². The molecule has 1 N–H and O–H groups in total. The van der Waals surface area contributed by atoms with Crippen molar-refractivity contribution in [3.63, 3.8) is 0 Å². The molecule has 1 atom stereocenters. The van der Waals surface area contributed by atoms with Crippen LogP contribution in [0.5, 0.6) is 0 Å². The van der Waals surface area contributed by atoms with Gasteiger partial charge in [0.15, 0.2) is 0 Å². The Labute approximate surface area is 214 Å². The molecule has 1 heterocycles. The molecule has 1 fully saturated rings. The van der Waals surface area contributed by atoms with Gasteiger partial charge in [-0.05, 0) is 68.5 Å². The minimum atomic E-state index is -0.991. The summed E-state index contributed by atoms with van der Waals surface area (Å²) in [5.41, 5.74) is 2.17. The van der Waals surface area contributed by atoms with Crippen LogP contribution in [-0.2, 0) is 14.4 Å². The van der Waals surface area contributed by atoms with E-state index in [1.807, 2.05) is 0 Å². The highest BCUT2D eigenvalue weighted by Gasteiger charge is 2.44. The van der Waals surface area contributed by atoms with Crippen LogP contribution in [0.15, 0.2) is 60.2 Å². The second-order valence-electron chi connectivity index (χ2n) is 9.18. The third-order valence-corrected chi connectivity index (χ3v) is 6.59. The minimum absolute atomic E-state index is 0.142. The summed E-state index contributed by atoms with van der Waals surface area (Å²) in [4.78, 5) is 64.2. The Kier molecular flexibility index (Phi) is 7.76. The number of hydrogen-bond acceptors (Lipinski definition) is 6. The molecule has 0 saturated carbocycles. The summed E-state index contributed by atoms with van der Waals surface area (Å²) >= 11 is 0. The smallest absolute Gasteiger partial charge is 0.269 e. The van der Waals surface area contributed by atoms with Crippen molar-refractivity contribution in [1.82, 2.24) is 4.90 Å². The monoisotopic (exact) mass is 504 g/mol. The van der Waals surface area contributed by atoms with Crippen molar-refractivity contribution in [2.45, 2.75) is 51.5 Å². The third-order valence-electron chi connectivity index (χ3n) is 6.59. The Bertz CT molecular complexity index is 1250. The van der Waals surface area contributed by atoms with Crippen LogP contribution in [0.1, 0.15) is 55.8 Å². The Morgan fingerprint density at radius 3 is 2.38 bits per heavy atom. The number of carbonyl (C=O) groups excluding carboxylic acids is 4. The Morgan fingerprint density at radius 1 is 1.08 bits per heavy atom. The maximum absolute atomic E-state index is 13.5. The molecule has 2 aromatic rings. The van der Waals surface area contributed by atoms with E-state index in [1.54, 1.807) is 24.3 Å². The van der Waals surface area contributed by atoms with Gasteiger partial charge in [0.05, 0.1) is 17.0 Å². The van der Waals surface area contributed by atoms with Crippen LogP contribution in [-0.4, -0.2) is 46.0 Å². The molecule has 2 aromatic carbocycles. The predicted octanol–water partition coefficient (Wildman–Crippen LogP) is 4.22. The van der Waals surface area contributed by atoms with E-state index in [0.717, 1.165) is 30.6 Å². The van der Waals surface area contributed by atoms with E-state index in [4.69, 9.17) is 0 Å². The summed E-state index contributed by atoms with van der Waals surface area (Å²) in [6, 6.07) is 10.6. The fourth-order valence-corrected chi connectivity index (χ4v) is 4.71. The molecule has 0 bridgehead atoms. The second kappa shape index (κ2) is 11.2. The first kappa shape index (κ1) is 25.7. The lowest BCUT2D eigenvalue weighted by Gasteiger charge is -2.28. The molecule has 10 heteroatoms. The molecule has 1 saturated heterocycles. The summed E-state index contributed by atoms with van der Waals surface area (Å²) in [7, 11) is 0. The number of anilines is 2. The van der Waals surface area contributed by atoms with Crippen molar-refractivity contribution in [2.24, 2.45) is 0 Å². The topological polar surface area (TPSA) is 130 Å². The van der Waals surface area contributed by atoms with Crippen molar-refractivity contribution >= 4 is 40.7 Å². The maximum Gasteiger partial charge on any atom is 0.269 e. The van der Waals surface area contributed by atoms with Crippen molar-refractivity contribution in [3.8, 4) is 0 Å². The Hall–Kier alpha value is -4.34. The number of nitro groups is 1. The van der Waals surface area contributed by atoms with Crippen molar-refractivity contribution in [2.75, 3.05) is 16.8 Å². The van der Waals surface area contributed by atoms with Gasteiger partial charge >= 0.3 is 0 Å². The average molecular weight is 505 g/mol. The summed E-state index contributed by atoms with van der Waals surface area (Å²) in [6.07, 6.45) is 6.71. The number of rotatable bonds is 8. The number of imide groups is 1. The van der Waals surface area contributed by atoms with E-state index >= 15 is 0 Å². The number of nitro benzene ring substituents is 1. The highest BCUT2D eigenvalue weighted by Crippen LogP contribution is 2.29. The van der Waals surface area contributed by atoms with Crippen molar-refractivity contribution in [1.29, 1.82) is 0 Å². The number of allylic oxidation sites excluding steroid dienone is 1. The van der Waals surface area contributed by atoms with Crippen LogP contribution in [0.2, 0.25) is 0 Å². The minimum Gasteiger partial charge on any atom is -0.326 e. The SMILES string of the molecule is CC(=O)Nc1ccc(N2C(=O)CC(N(CCC3=CCCCC3)C(=O)c3ccc([N+](=O)[O-])cc3)C2=O)cc1. The number of non-ortho nitro benzene ring substituents is 1. The van der Waals surface area contributed by atoms with E-state index in [0.29, 0.717) is 17.8 Å². The zero-order valence-electron chi connectivity index (χ0n) is 20.5. The zero-order valence-corrected chi connectivity index (χ0v) is 20.5. The lowest BCUT2D eigenvalue weighted by atomic mass is 9.96. The van der Waals surface area contributed by atoms with Gasteiger partial charge in [-0.2, -0.15) is 0 Å². The largest absolute Gasteiger partial charge is 0.326 e. The molecular weight excluding hydrogens is 476 g/mol. The normalized spacial score (nSPS) is 17.4. The Balaban J connectivity index is 1.59. The van der Waals surface area contributed by atoms with Gasteiger partial charge in [0.25, 0.3) is 17.5 Å². The highest BCUT2D eigenvalue weighted by molar-refractivity contribution is 6.23. The molecular formula is C27H28N4O6. The van der Waals surface area contributed by atoms with Crippen LogP contribution in [0.4, 0.5) is 17.1 Å². The fourth-order valence-electron chi connectivity index (χ4n) is 4.71. The zero-order chi connectivity index (χ0) is 26.5. The lowest BCUT2D eigenvalue weighted by molar-refractivity contribution is -0.384. The Morgan fingerprint density at radius 2 is 1.78 bits per heavy atom. The summed E-state index contributed by atoms with van der Waals surface area (Å²) < 4.78 is 0. The molecule has 0 radical (unpaired) electrons. The first-order chi connectivity index (χ1) is 17.7. The molecule has 1 aliphatic heterocycles. The summed E-state index contributed by atoms with van der Waals surface area (Å²) in [5, 5.41) is 13.7. The van der Waals surface area contributed by atoms with Gasteiger partial charge in [-0.25, -0.2) is 4.90 Å². The summed E-state index contributed by atoms with van der Waals surface area (Å²) in [5.74, 6) is -1.64.